The Labute approximate surface area is 142 Å². The molecule has 124 valence electrons. The number of hydrogen-bond acceptors (Lipinski definition) is 4. The van der Waals surface area contributed by atoms with E-state index in [-0.39, 0.29) is 6.61 Å². The van der Waals surface area contributed by atoms with Crippen LogP contribution in [-0.2, 0) is 13.1 Å². The summed E-state index contributed by atoms with van der Waals surface area (Å²) in [5, 5.41) is 17.1. The molecule has 0 fully saturated rings. The van der Waals surface area contributed by atoms with Crippen molar-refractivity contribution in [2.75, 3.05) is 11.9 Å². The quantitative estimate of drug-likeness (QED) is 0.732. The first-order valence-electron chi connectivity index (χ1n) is 8.08. The van der Waals surface area contributed by atoms with Gasteiger partial charge in [0.05, 0.1) is 24.5 Å². The summed E-state index contributed by atoms with van der Waals surface area (Å²) in [6.07, 6.45) is 1.81. The lowest BCUT2D eigenvalue weighted by atomic mass is 10.1. The van der Waals surface area contributed by atoms with E-state index in [2.05, 4.69) is 33.6 Å². The summed E-state index contributed by atoms with van der Waals surface area (Å²) in [7, 11) is 0. The Morgan fingerprint density at radius 3 is 2.75 bits per heavy atom. The Kier molecular flexibility index (Phi) is 4.91. The summed E-state index contributed by atoms with van der Waals surface area (Å²) in [6.45, 7) is 5.28. The van der Waals surface area contributed by atoms with Crippen LogP contribution in [-0.4, -0.2) is 26.5 Å². The van der Waals surface area contributed by atoms with E-state index in [1.807, 2.05) is 42.8 Å². The van der Waals surface area contributed by atoms with E-state index >= 15 is 0 Å². The third-order valence-corrected chi connectivity index (χ3v) is 4.09. The first-order chi connectivity index (χ1) is 11.7. The maximum Gasteiger partial charge on any atom is 0.127 e. The van der Waals surface area contributed by atoms with E-state index in [0.717, 1.165) is 28.3 Å². The minimum Gasteiger partial charge on any atom is -0.394 e. The maximum atomic E-state index is 9.20. The Bertz CT molecular complexity index is 811. The molecule has 5 heteroatoms. The number of nitrogens with one attached hydrogen (secondary N) is 1. The fourth-order valence-corrected chi connectivity index (χ4v) is 2.71. The van der Waals surface area contributed by atoms with Crippen LogP contribution in [0.5, 0.6) is 0 Å². The smallest absolute Gasteiger partial charge is 0.127 e. The zero-order valence-electron chi connectivity index (χ0n) is 14.0. The van der Waals surface area contributed by atoms with Gasteiger partial charge in [-0.1, -0.05) is 24.3 Å². The molecule has 24 heavy (non-hydrogen) atoms. The van der Waals surface area contributed by atoms with Gasteiger partial charge in [-0.25, -0.2) is 4.68 Å². The van der Waals surface area contributed by atoms with Crippen molar-refractivity contribution in [3.8, 4) is 11.3 Å². The lowest BCUT2D eigenvalue weighted by molar-refractivity contribution is 0.270. The minimum absolute atomic E-state index is 0.0738. The van der Waals surface area contributed by atoms with E-state index in [4.69, 9.17) is 0 Å². The van der Waals surface area contributed by atoms with E-state index in [9.17, 15) is 5.11 Å². The summed E-state index contributed by atoms with van der Waals surface area (Å²) in [4.78, 5) is 4.40. The number of benzene rings is 1. The van der Waals surface area contributed by atoms with Crippen LogP contribution in [0.2, 0.25) is 0 Å². The lowest BCUT2D eigenvalue weighted by Gasteiger charge is -2.11. The maximum absolute atomic E-state index is 9.20. The molecule has 0 amide bonds. The van der Waals surface area contributed by atoms with Gasteiger partial charge in [-0.3, -0.25) is 4.98 Å². The molecular formula is C19H22N4O. The Morgan fingerprint density at radius 2 is 2.00 bits per heavy atom. The number of aliphatic hydroxyl groups excluding tert-OH is 1. The Hall–Kier alpha value is -2.66. The van der Waals surface area contributed by atoms with E-state index < -0.39 is 0 Å². The molecule has 0 spiro atoms. The zero-order valence-corrected chi connectivity index (χ0v) is 14.0. The van der Waals surface area contributed by atoms with Gasteiger partial charge in [-0.15, -0.1) is 0 Å². The van der Waals surface area contributed by atoms with Gasteiger partial charge in [0.1, 0.15) is 5.82 Å². The van der Waals surface area contributed by atoms with Crippen LogP contribution < -0.4 is 5.32 Å². The van der Waals surface area contributed by atoms with Crippen molar-refractivity contribution in [2.24, 2.45) is 0 Å². The molecule has 0 bridgehead atoms. The second kappa shape index (κ2) is 7.27. The molecule has 5 nitrogen and oxygen atoms in total. The number of hydrogen-bond donors (Lipinski definition) is 2. The normalized spacial score (nSPS) is 10.8. The molecule has 3 aromatic rings. The highest BCUT2D eigenvalue weighted by molar-refractivity contribution is 5.60. The predicted octanol–water partition coefficient (Wildman–Crippen LogP) is 3.17. The van der Waals surface area contributed by atoms with Crippen LogP contribution in [0, 0.1) is 13.8 Å². The molecule has 0 unspecified atom stereocenters. The van der Waals surface area contributed by atoms with Crippen LogP contribution in [0.4, 0.5) is 5.82 Å². The fraction of sp³-hybridized carbons (Fsp3) is 0.263. The van der Waals surface area contributed by atoms with Crippen molar-refractivity contribution in [3.63, 3.8) is 0 Å². The highest BCUT2D eigenvalue weighted by Crippen LogP contribution is 2.21. The average molecular weight is 322 g/mol. The van der Waals surface area contributed by atoms with Gasteiger partial charge in [0.25, 0.3) is 0 Å². The van der Waals surface area contributed by atoms with Gasteiger partial charge in [-0.2, -0.15) is 5.10 Å². The monoisotopic (exact) mass is 322 g/mol. The highest BCUT2D eigenvalue weighted by Gasteiger charge is 2.11. The molecule has 0 aliphatic rings. The van der Waals surface area contributed by atoms with E-state index in [1.54, 1.807) is 6.20 Å². The summed E-state index contributed by atoms with van der Waals surface area (Å²) >= 11 is 0. The fourth-order valence-electron chi connectivity index (χ4n) is 2.71. The molecule has 3 rings (SSSR count). The number of aryl methyl sites for hydroxylation is 1. The number of aromatic nitrogens is 3. The van der Waals surface area contributed by atoms with Crippen LogP contribution in [0.25, 0.3) is 11.3 Å². The first-order valence-corrected chi connectivity index (χ1v) is 8.08. The molecule has 0 saturated carbocycles. The lowest BCUT2D eigenvalue weighted by Crippen LogP contribution is -2.11. The van der Waals surface area contributed by atoms with Crippen LogP contribution >= 0.6 is 0 Å². The molecule has 2 heterocycles. The molecule has 0 aliphatic carbocycles. The molecule has 1 aromatic carbocycles. The van der Waals surface area contributed by atoms with E-state index in [1.165, 1.54) is 5.56 Å². The number of anilines is 1. The SMILES string of the molecule is Cc1nn(CCO)c(NCc2cccc(-c3ccccn3)c2)c1C. The van der Waals surface area contributed by atoms with Crippen molar-refractivity contribution in [1.29, 1.82) is 0 Å². The van der Waals surface area contributed by atoms with Gasteiger partial charge in [0.15, 0.2) is 0 Å². The highest BCUT2D eigenvalue weighted by atomic mass is 16.3. The van der Waals surface area contributed by atoms with Gasteiger partial charge in [0, 0.05) is 23.9 Å². The average Bonchev–Trinajstić information content (AvgIpc) is 2.88. The zero-order chi connectivity index (χ0) is 16.9. The van der Waals surface area contributed by atoms with Gasteiger partial charge < -0.3 is 10.4 Å². The molecule has 0 radical (unpaired) electrons. The van der Waals surface area contributed by atoms with Crippen LogP contribution in [0.1, 0.15) is 16.8 Å². The van der Waals surface area contributed by atoms with Gasteiger partial charge >= 0.3 is 0 Å². The number of nitrogens with zero attached hydrogens (tertiary/aromatic N) is 3. The molecule has 0 aliphatic heterocycles. The predicted molar refractivity (Wildman–Crippen MR) is 95.8 cm³/mol. The molecule has 0 saturated heterocycles. The number of aliphatic hydroxyl groups is 1. The topological polar surface area (TPSA) is 63.0 Å². The third-order valence-electron chi connectivity index (χ3n) is 4.09. The van der Waals surface area contributed by atoms with Crippen molar-refractivity contribution in [1.82, 2.24) is 14.8 Å². The van der Waals surface area contributed by atoms with Crippen molar-refractivity contribution in [2.45, 2.75) is 26.9 Å². The molecular weight excluding hydrogens is 300 g/mol. The third kappa shape index (κ3) is 3.46. The van der Waals surface area contributed by atoms with Crippen molar-refractivity contribution >= 4 is 5.82 Å². The van der Waals surface area contributed by atoms with Crippen LogP contribution in [0.3, 0.4) is 0 Å². The summed E-state index contributed by atoms with van der Waals surface area (Å²) in [5.74, 6) is 0.963. The molecule has 0 atom stereocenters. The second-order valence-electron chi connectivity index (χ2n) is 5.77. The van der Waals surface area contributed by atoms with Gasteiger partial charge in [0.2, 0.25) is 0 Å². The Balaban J connectivity index is 1.78. The molecule has 2 aromatic heterocycles. The number of pyridine rings is 1. The number of rotatable bonds is 6. The van der Waals surface area contributed by atoms with Crippen LogP contribution in [0.15, 0.2) is 48.7 Å². The summed E-state index contributed by atoms with van der Waals surface area (Å²) in [6, 6.07) is 14.3. The minimum atomic E-state index is 0.0738. The van der Waals surface area contributed by atoms with Crippen molar-refractivity contribution < 1.29 is 5.11 Å². The summed E-state index contributed by atoms with van der Waals surface area (Å²) < 4.78 is 1.83. The largest absolute Gasteiger partial charge is 0.394 e. The first kappa shape index (κ1) is 16.2. The standard InChI is InChI=1S/C19H22N4O/c1-14-15(2)22-23(10-11-24)19(14)21-13-16-6-5-7-17(12-16)18-8-3-4-9-20-18/h3-9,12,21,24H,10-11,13H2,1-2H3. The van der Waals surface area contributed by atoms with E-state index in [0.29, 0.717) is 13.1 Å². The molecule has 2 N–H and O–H groups in total. The summed E-state index contributed by atoms with van der Waals surface area (Å²) in [5.41, 5.74) is 5.34. The van der Waals surface area contributed by atoms with Gasteiger partial charge in [-0.05, 0) is 37.6 Å². The second-order valence-corrected chi connectivity index (χ2v) is 5.77. The van der Waals surface area contributed by atoms with Crippen molar-refractivity contribution in [3.05, 3.63) is 65.5 Å². The Morgan fingerprint density at radius 1 is 1.12 bits per heavy atom.